The van der Waals surface area contributed by atoms with Gasteiger partial charge in [-0.3, -0.25) is 4.79 Å². The van der Waals surface area contributed by atoms with Gasteiger partial charge in [0.05, 0.1) is 5.92 Å². The van der Waals surface area contributed by atoms with E-state index in [4.69, 9.17) is 9.15 Å². The highest BCUT2D eigenvalue weighted by Gasteiger charge is 2.29. The van der Waals surface area contributed by atoms with Crippen molar-refractivity contribution in [3.05, 3.63) is 36.2 Å². The fraction of sp³-hybridized carbons (Fsp3) is 0.571. The highest BCUT2D eigenvalue weighted by molar-refractivity contribution is 5.72. The summed E-state index contributed by atoms with van der Waals surface area (Å²) in [6.45, 7) is 4.01. The summed E-state index contributed by atoms with van der Waals surface area (Å²) in [6, 6.07) is 9.58. The van der Waals surface area contributed by atoms with E-state index in [1.54, 1.807) is 6.92 Å². The maximum Gasteiger partial charge on any atom is 0.309 e. The summed E-state index contributed by atoms with van der Waals surface area (Å²) in [5.74, 6) is 1.44. The lowest BCUT2D eigenvalue weighted by atomic mass is 9.80. The van der Waals surface area contributed by atoms with Crippen LogP contribution in [0.4, 0.5) is 0 Å². The van der Waals surface area contributed by atoms with E-state index in [-0.39, 0.29) is 11.9 Å². The van der Waals surface area contributed by atoms with Gasteiger partial charge in [-0.15, -0.1) is 10.2 Å². The van der Waals surface area contributed by atoms with Gasteiger partial charge in [-0.05, 0) is 50.7 Å². The molecular weight excluding hydrogens is 328 g/mol. The third kappa shape index (κ3) is 4.71. The minimum absolute atomic E-state index is 0.00633. The summed E-state index contributed by atoms with van der Waals surface area (Å²) >= 11 is 0. The van der Waals surface area contributed by atoms with Crippen LogP contribution in [0.15, 0.2) is 34.7 Å². The number of esters is 1. The first-order chi connectivity index (χ1) is 12.7. The summed E-state index contributed by atoms with van der Waals surface area (Å²) in [5.41, 5.74) is 0.857. The maximum absolute atomic E-state index is 12.5. The molecule has 5 nitrogen and oxygen atoms in total. The monoisotopic (exact) mass is 356 g/mol. The first-order valence-corrected chi connectivity index (χ1v) is 9.76. The molecule has 140 valence electrons. The minimum Gasteiger partial charge on any atom is -0.452 e. The van der Waals surface area contributed by atoms with Crippen LogP contribution in [0.1, 0.15) is 70.8 Å². The van der Waals surface area contributed by atoms with E-state index in [9.17, 15) is 4.79 Å². The number of hydrogen-bond donors (Lipinski definition) is 0. The van der Waals surface area contributed by atoms with Gasteiger partial charge in [0.25, 0.3) is 5.89 Å². The van der Waals surface area contributed by atoms with Gasteiger partial charge in [0.15, 0.2) is 6.10 Å². The smallest absolute Gasteiger partial charge is 0.309 e. The number of hydrogen-bond acceptors (Lipinski definition) is 5. The highest BCUT2D eigenvalue weighted by Crippen LogP contribution is 2.33. The molecule has 0 amide bonds. The van der Waals surface area contributed by atoms with Gasteiger partial charge in [-0.25, -0.2) is 0 Å². The van der Waals surface area contributed by atoms with Crippen LogP contribution in [0.2, 0.25) is 0 Å². The molecule has 0 radical (unpaired) electrons. The molecule has 1 aromatic heterocycles. The van der Waals surface area contributed by atoms with Gasteiger partial charge in [0.1, 0.15) is 0 Å². The van der Waals surface area contributed by atoms with Gasteiger partial charge in [-0.1, -0.05) is 44.4 Å². The van der Waals surface area contributed by atoms with E-state index in [0.29, 0.717) is 11.8 Å². The zero-order valence-corrected chi connectivity index (χ0v) is 15.7. The SMILES string of the molecule is CCCCC1CCC(C(=O)OC(C)c2nnc(-c3ccccc3)o2)CC1. The Morgan fingerprint density at radius 2 is 1.92 bits per heavy atom. The van der Waals surface area contributed by atoms with E-state index in [2.05, 4.69) is 17.1 Å². The van der Waals surface area contributed by atoms with Crippen LogP contribution >= 0.6 is 0 Å². The number of rotatable bonds is 7. The zero-order valence-electron chi connectivity index (χ0n) is 15.7. The Kier molecular flexibility index (Phi) is 6.42. The highest BCUT2D eigenvalue weighted by atomic mass is 16.6. The molecule has 1 fully saturated rings. The number of nitrogens with zero attached hydrogens (tertiary/aromatic N) is 2. The second kappa shape index (κ2) is 8.97. The molecule has 26 heavy (non-hydrogen) atoms. The number of unbranched alkanes of at least 4 members (excludes halogenated alkanes) is 1. The molecule has 0 N–H and O–H groups in total. The van der Waals surface area contributed by atoms with E-state index < -0.39 is 6.10 Å². The van der Waals surface area contributed by atoms with Gasteiger partial charge in [-0.2, -0.15) is 0 Å². The summed E-state index contributed by atoms with van der Waals surface area (Å²) < 4.78 is 11.3. The molecule has 1 unspecified atom stereocenters. The van der Waals surface area contributed by atoms with Gasteiger partial charge >= 0.3 is 5.97 Å². The van der Waals surface area contributed by atoms with Crippen molar-refractivity contribution < 1.29 is 13.9 Å². The van der Waals surface area contributed by atoms with Crippen LogP contribution in [0.3, 0.4) is 0 Å². The topological polar surface area (TPSA) is 65.2 Å². The second-order valence-electron chi connectivity index (χ2n) is 7.25. The van der Waals surface area contributed by atoms with E-state index in [0.717, 1.165) is 37.2 Å². The second-order valence-corrected chi connectivity index (χ2v) is 7.25. The van der Waals surface area contributed by atoms with Crippen molar-refractivity contribution in [2.75, 3.05) is 0 Å². The predicted octanol–water partition coefficient (Wildman–Crippen LogP) is 5.34. The number of carbonyl (C=O) groups excluding carboxylic acids is 1. The molecule has 1 aliphatic rings. The third-order valence-corrected chi connectivity index (χ3v) is 5.25. The molecule has 0 spiro atoms. The molecule has 2 aromatic rings. The Hall–Kier alpha value is -2.17. The first kappa shape index (κ1) is 18.6. The third-order valence-electron chi connectivity index (χ3n) is 5.25. The molecule has 1 atom stereocenters. The van der Waals surface area contributed by atoms with E-state index >= 15 is 0 Å². The zero-order chi connectivity index (χ0) is 18.4. The van der Waals surface area contributed by atoms with Crippen LogP contribution in [0.25, 0.3) is 11.5 Å². The summed E-state index contributed by atoms with van der Waals surface area (Å²) in [7, 11) is 0. The molecule has 0 aliphatic heterocycles. The maximum atomic E-state index is 12.5. The number of benzene rings is 1. The molecule has 5 heteroatoms. The molecule has 3 rings (SSSR count). The molecule has 1 saturated carbocycles. The van der Waals surface area contributed by atoms with Crippen molar-refractivity contribution in [2.24, 2.45) is 11.8 Å². The van der Waals surface area contributed by atoms with Gasteiger partial charge in [0.2, 0.25) is 5.89 Å². The van der Waals surface area contributed by atoms with Crippen LogP contribution in [-0.2, 0) is 9.53 Å². The molecule has 1 heterocycles. The summed E-state index contributed by atoms with van der Waals surface area (Å²) in [6.07, 6.45) is 7.42. The van der Waals surface area contributed by atoms with E-state index in [1.807, 2.05) is 30.3 Å². The van der Waals surface area contributed by atoms with Crippen molar-refractivity contribution in [1.82, 2.24) is 10.2 Å². The number of ether oxygens (including phenoxy) is 1. The summed E-state index contributed by atoms with van der Waals surface area (Å²) in [4.78, 5) is 12.5. The van der Waals surface area contributed by atoms with Crippen LogP contribution in [0, 0.1) is 11.8 Å². The number of aromatic nitrogens is 2. The fourth-order valence-electron chi connectivity index (χ4n) is 3.60. The fourth-order valence-corrected chi connectivity index (χ4v) is 3.60. The van der Waals surface area contributed by atoms with Crippen molar-refractivity contribution in [3.63, 3.8) is 0 Å². The predicted molar refractivity (Wildman–Crippen MR) is 99.2 cm³/mol. The molecule has 1 aromatic carbocycles. The van der Waals surface area contributed by atoms with Crippen molar-refractivity contribution in [3.8, 4) is 11.5 Å². The standard InChI is InChI=1S/C21H28N2O3/c1-3-4-8-16-11-13-18(14-12-16)21(24)25-15(2)19-22-23-20(26-19)17-9-6-5-7-10-17/h5-7,9-10,15-16,18H,3-4,8,11-14H2,1-2H3. The minimum atomic E-state index is -0.523. The quantitative estimate of drug-likeness (QED) is 0.627. The van der Waals surface area contributed by atoms with Crippen molar-refractivity contribution in [1.29, 1.82) is 0 Å². The lowest BCUT2D eigenvalue weighted by Crippen LogP contribution is -2.24. The van der Waals surface area contributed by atoms with Crippen molar-refractivity contribution >= 4 is 5.97 Å². The molecule has 0 saturated heterocycles. The average molecular weight is 356 g/mol. The summed E-state index contributed by atoms with van der Waals surface area (Å²) in [5, 5.41) is 8.10. The van der Waals surface area contributed by atoms with E-state index in [1.165, 1.54) is 19.3 Å². The Balaban J connectivity index is 1.51. The Morgan fingerprint density at radius 1 is 1.19 bits per heavy atom. The van der Waals surface area contributed by atoms with Crippen molar-refractivity contribution in [2.45, 2.75) is 64.9 Å². The van der Waals surface area contributed by atoms with Crippen LogP contribution in [0.5, 0.6) is 0 Å². The van der Waals surface area contributed by atoms with Gasteiger partial charge in [0, 0.05) is 5.56 Å². The normalized spacial score (nSPS) is 21.3. The Labute approximate surface area is 155 Å². The Bertz CT molecular complexity index is 690. The molecule has 0 bridgehead atoms. The lowest BCUT2D eigenvalue weighted by Gasteiger charge is -2.27. The molecular formula is C21H28N2O3. The Morgan fingerprint density at radius 3 is 2.62 bits per heavy atom. The van der Waals surface area contributed by atoms with Gasteiger partial charge < -0.3 is 9.15 Å². The average Bonchev–Trinajstić information content (AvgIpc) is 3.18. The largest absolute Gasteiger partial charge is 0.452 e. The van der Waals surface area contributed by atoms with Crippen LogP contribution in [-0.4, -0.2) is 16.2 Å². The lowest BCUT2D eigenvalue weighted by molar-refractivity contribution is -0.156. The van der Waals surface area contributed by atoms with Crippen LogP contribution < -0.4 is 0 Å². The first-order valence-electron chi connectivity index (χ1n) is 9.76. The number of carbonyl (C=O) groups is 1. The molecule has 1 aliphatic carbocycles.